The lowest BCUT2D eigenvalue weighted by Gasteiger charge is -2.21. The van der Waals surface area contributed by atoms with Crippen LogP contribution in [0.5, 0.6) is 0 Å². The summed E-state index contributed by atoms with van der Waals surface area (Å²) in [5, 5.41) is 3.97. The molecule has 0 bridgehead atoms. The standard InChI is InChI=1S/C20H20F3N3O2S2/c1-25-14-5-3-4-6-16(24-17(14)18(29)26(2)19(25)28)30-11-15(27)12-7-9-13(10-8-12)20(21,22)23/h6-10,24H,3-5,11H2,1-2H3. The molecule has 1 aromatic heterocycles. The minimum atomic E-state index is -4.44. The summed E-state index contributed by atoms with van der Waals surface area (Å²) in [7, 11) is 3.31. The number of ketones is 1. The van der Waals surface area contributed by atoms with Crippen LogP contribution < -0.4 is 11.0 Å². The number of benzene rings is 1. The molecule has 0 aliphatic carbocycles. The molecule has 0 fully saturated rings. The number of nitrogens with zero attached hydrogens (tertiary/aromatic N) is 2. The molecule has 0 unspecified atom stereocenters. The molecule has 1 N–H and O–H groups in total. The molecule has 3 rings (SSSR count). The molecule has 0 atom stereocenters. The van der Waals surface area contributed by atoms with Crippen LogP contribution in [0.25, 0.3) is 0 Å². The fraction of sp³-hybridized carbons (Fsp3) is 0.350. The number of carbonyl (C=O) groups excluding carboxylic acids is 1. The molecule has 10 heteroatoms. The van der Waals surface area contributed by atoms with E-state index in [9.17, 15) is 22.8 Å². The Hall–Kier alpha value is -2.33. The second-order valence-corrected chi connectivity index (χ2v) is 8.30. The highest BCUT2D eigenvalue weighted by Crippen LogP contribution is 2.30. The number of aromatic nitrogens is 2. The summed E-state index contributed by atoms with van der Waals surface area (Å²) in [5.74, 6) is -0.215. The van der Waals surface area contributed by atoms with Gasteiger partial charge in [-0.15, -0.1) is 11.8 Å². The average Bonchev–Trinajstić information content (AvgIpc) is 2.69. The summed E-state index contributed by atoms with van der Waals surface area (Å²) < 4.78 is 41.4. The van der Waals surface area contributed by atoms with Gasteiger partial charge in [0.1, 0.15) is 4.64 Å². The van der Waals surface area contributed by atoms with E-state index in [0.717, 1.165) is 35.7 Å². The van der Waals surface area contributed by atoms with Gasteiger partial charge in [0.25, 0.3) is 0 Å². The van der Waals surface area contributed by atoms with Crippen molar-refractivity contribution in [1.82, 2.24) is 9.13 Å². The van der Waals surface area contributed by atoms with Crippen LogP contribution >= 0.6 is 24.0 Å². The van der Waals surface area contributed by atoms with Gasteiger partial charge in [-0.2, -0.15) is 13.2 Å². The third kappa shape index (κ3) is 4.70. The van der Waals surface area contributed by atoms with Crippen LogP contribution in [0, 0.1) is 4.64 Å². The third-order valence-corrected chi connectivity index (χ3v) is 6.34. The van der Waals surface area contributed by atoms with Crippen molar-refractivity contribution in [3.8, 4) is 0 Å². The van der Waals surface area contributed by atoms with E-state index in [2.05, 4.69) is 5.32 Å². The largest absolute Gasteiger partial charge is 0.416 e. The number of hydrogen-bond acceptors (Lipinski definition) is 5. The molecule has 2 heterocycles. The fourth-order valence-electron chi connectivity index (χ4n) is 3.15. The summed E-state index contributed by atoms with van der Waals surface area (Å²) in [4.78, 5) is 24.7. The van der Waals surface area contributed by atoms with Crippen LogP contribution in [0.4, 0.5) is 18.9 Å². The Balaban J connectivity index is 1.77. The molecular formula is C20H20F3N3O2S2. The Bertz CT molecular complexity index is 1120. The van der Waals surface area contributed by atoms with E-state index in [4.69, 9.17) is 12.2 Å². The first-order valence-electron chi connectivity index (χ1n) is 9.19. The zero-order chi connectivity index (χ0) is 22.1. The lowest BCUT2D eigenvalue weighted by molar-refractivity contribution is -0.137. The lowest BCUT2D eigenvalue weighted by Crippen LogP contribution is -2.31. The van der Waals surface area contributed by atoms with E-state index in [-0.39, 0.29) is 22.8 Å². The highest BCUT2D eigenvalue weighted by atomic mass is 32.2. The predicted molar refractivity (Wildman–Crippen MR) is 114 cm³/mol. The van der Waals surface area contributed by atoms with Gasteiger partial charge in [0, 0.05) is 25.4 Å². The maximum atomic E-state index is 12.7. The van der Waals surface area contributed by atoms with Gasteiger partial charge < -0.3 is 5.32 Å². The van der Waals surface area contributed by atoms with Crippen molar-refractivity contribution in [3.05, 3.63) is 67.3 Å². The Kier molecular flexibility index (Phi) is 6.56. The van der Waals surface area contributed by atoms with Gasteiger partial charge in [0.2, 0.25) is 0 Å². The Morgan fingerprint density at radius 1 is 1.20 bits per heavy atom. The van der Waals surface area contributed by atoms with Gasteiger partial charge in [-0.05, 0) is 31.4 Å². The van der Waals surface area contributed by atoms with E-state index in [1.807, 2.05) is 6.08 Å². The molecule has 1 aliphatic rings. The van der Waals surface area contributed by atoms with Crippen LogP contribution in [0.3, 0.4) is 0 Å². The number of nitrogens with one attached hydrogen (secondary N) is 1. The van der Waals surface area contributed by atoms with E-state index in [1.165, 1.54) is 28.5 Å². The second-order valence-electron chi connectivity index (χ2n) is 6.90. The van der Waals surface area contributed by atoms with Crippen LogP contribution in [-0.2, 0) is 26.7 Å². The number of halogens is 3. The molecule has 0 radical (unpaired) electrons. The van der Waals surface area contributed by atoms with E-state index in [0.29, 0.717) is 16.7 Å². The van der Waals surface area contributed by atoms with Crippen LogP contribution in [0.15, 0.2) is 40.2 Å². The van der Waals surface area contributed by atoms with Gasteiger partial charge >= 0.3 is 11.9 Å². The molecular weight excluding hydrogens is 435 g/mol. The topological polar surface area (TPSA) is 56.0 Å². The molecule has 160 valence electrons. The van der Waals surface area contributed by atoms with Crippen molar-refractivity contribution in [2.75, 3.05) is 11.1 Å². The predicted octanol–water partition coefficient (Wildman–Crippen LogP) is 4.68. The Labute approximate surface area is 180 Å². The van der Waals surface area contributed by atoms with Gasteiger partial charge in [-0.3, -0.25) is 13.9 Å². The number of hydrogen-bond donors (Lipinski definition) is 1. The molecule has 1 aromatic carbocycles. The number of rotatable bonds is 4. The third-order valence-electron chi connectivity index (χ3n) is 4.87. The Morgan fingerprint density at radius 3 is 2.50 bits per heavy atom. The molecule has 2 aromatic rings. The van der Waals surface area contributed by atoms with Gasteiger partial charge in [-0.1, -0.05) is 30.4 Å². The zero-order valence-corrected chi connectivity index (χ0v) is 18.0. The second kappa shape index (κ2) is 8.81. The zero-order valence-electron chi connectivity index (χ0n) is 16.4. The number of Topliss-reactive ketones (excluding diaryl/α,β-unsaturated/α-hetero) is 1. The SMILES string of the molecule is Cn1c2c(c(=S)n(C)c1=O)NC(SCC(=O)c1ccc(C(F)(F)F)cc1)=CCCC2. The smallest absolute Gasteiger partial charge is 0.347 e. The molecule has 0 spiro atoms. The quantitative estimate of drug-likeness (QED) is 0.536. The first kappa shape index (κ1) is 22.4. The van der Waals surface area contributed by atoms with E-state index in [1.54, 1.807) is 18.7 Å². The lowest BCUT2D eigenvalue weighted by atomic mass is 10.1. The van der Waals surface area contributed by atoms with E-state index < -0.39 is 11.7 Å². The summed E-state index contributed by atoms with van der Waals surface area (Å²) in [6.07, 6.45) is -0.201. The van der Waals surface area contributed by atoms with Crippen molar-refractivity contribution >= 4 is 35.5 Å². The molecule has 0 saturated carbocycles. The molecule has 0 amide bonds. The van der Waals surface area contributed by atoms with Crippen molar-refractivity contribution in [2.24, 2.45) is 14.1 Å². The number of allylic oxidation sites excluding steroid dienone is 1. The number of fused-ring (bicyclic) bond motifs is 1. The number of alkyl halides is 3. The Morgan fingerprint density at radius 2 is 1.87 bits per heavy atom. The minimum Gasteiger partial charge on any atom is -0.347 e. The van der Waals surface area contributed by atoms with Crippen LogP contribution in [0.2, 0.25) is 0 Å². The number of carbonyl (C=O) groups is 1. The first-order valence-corrected chi connectivity index (χ1v) is 10.6. The highest BCUT2D eigenvalue weighted by Gasteiger charge is 2.30. The molecule has 30 heavy (non-hydrogen) atoms. The summed E-state index contributed by atoms with van der Waals surface area (Å²) >= 11 is 6.69. The van der Waals surface area contributed by atoms with Crippen LogP contribution in [-0.4, -0.2) is 20.7 Å². The van der Waals surface area contributed by atoms with Crippen molar-refractivity contribution in [1.29, 1.82) is 0 Å². The average molecular weight is 456 g/mol. The molecule has 5 nitrogen and oxygen atoms in total. The maximum absolute atomic E-state index is 12.7. The summed E-state index contributed by atoms with van der Waals surface area (Å²) in [6.45, 7) is 0. The molecule has 1 aliphatic heterocycles. The van der Waals surface area contributed by atoms with Gasteiger partial charge in [-0.25, -0.2) is 4.79 Å². The normalized spacial score (nSPS) is 14.2. The highest BCUT2D eigenvalue weighted by molar-refractivity contribution is 8.03. The fourth-order valence-corrected chi connectivity index (χ4v) is 4.26. The monoisotopic (exact) mass is 455 g/mol. The van der Waals surface area contributed by atoms with Gasteiger partial charge in [0.15, 0.2) is 5.78 Å². The van der Waals surface area contributed by atoms with Crippen LogP contribution in [0.1, 0.15) is 34.5 Å². The minimum absolute atomic E-state index is 0.0597. The van der Waals surface area contributed by atoms with Gasteiger partial charge in [0.05, 0.1) is 22.0 Å². The first-order chi connectivity index (χ1) is 14.1. The number of anilines is 1. The maximum Gasteiger partial charge on any atom is 0.416 e. The van der Waals surface area contributed by atoms with Crippen molar-refractivity contribution in [3.63, 3.8) is 0 Å². The molecule has 0 saturated heterocycles. The summed E-state index contributed by atoms with van der Waals surface area (Å²) in [5.41, 5.74) is 0.708. The van der Waals surface area contributed by atoms with E-state index >= 15 is 0 Å². The number of thioether (sulfide) groups is 1. The summed E-state index contributed by atoms with van der Waals surface area (Å²) in [6, 6.07) is 4.20. The van der Waals surface area contributed by atoms with Crippen molar-refractivity contribution in [2.45, 2.75) is 25.4 Å². The van der Waals surface area contributed by atoms with Crippen molar-refractivity contribution < 1.29 is 18.0 Å².